The van der Waals surface area contributed by atoms with Crippen molar-refractivity contribution in [3.8, 4) is 22.6 Å². The molecule has 1 saturated heterocycles. The lowest BCUT2D eigenvalue weighted by atomic mass is 9.92. The number of hydrogen-bond donors (Lipinski definition) is 3. The molecule has 11 heteroatoms. The van der Waals surface area contributed by atoms with Gasteiger partial charge in [0.15, 0.2) is 5.82 Å². The highest BCUT2D eigenvalue weighted by molar-refractivity contribution is 5.78. The second-order valence-electron chi connectivity index (χ2n) is 11.0. The molecule has 0 bridgehead atoms. The number of rotatable bonds is 10. The van der Waals surface area contributed by atoms with E-state index < -0.39 is 11.7 Å². The number of carbonyl (C=O) groups is 1. The highest BCUT2D eigenvalue weighted by Gasteiger charge is 2.35. The van der Waals surface area contributed by atoms with Crippen LogP contribution in [0.15, 0.2) is 91.4 Å². The van der Waals surface area contributed by atoms with Crippen LogP contribution in [0.3, 0.4) is 0 Å². The van der Waals surface area contributed by atoms with Crippen molar-refractivity contribution in [1.29, 1.82) is 0 Å². The summed E-state index contributed by atoms with van der Waals surface area (Å²) in [5.74, 6) is 0.489. The van der Waals surface area contributed by atoms with E-state index in [0.717, 1.165) is 11.1 Å². The van der Waals surface area contributed by atoms with Gasteiger partial charge in [0, 0.05) is 42.7 Å². The molecule has 1 aliphatic heterocycles. The van der Waals surface area contributed by atoms with Crippen LogP contribution in [0.25, 0.3) is 22.6 Å². The Balaban J connectivity index is 1.17. The Hall–Kier alpha value is -5.00. The monoisotopic (exact) mass is 593 g/mol. The number of hydrogen-bond acceptors (Lipinski definition) is 8. The van der Waals surface area contributed by atoms with Gasteiger partial charge in [-0.3, -0.25) is 9.78 Å². The molecule has 224 valence electrons. The average Bonchev–Trinajstić information content (AvgIpc) is 3.50. The molecule has 0 aliphatic carbocycles. The van der Waals surface area contributed by atoms with Crippen LogP contribution in [0.1, 0.15) is 30.2 Å². The highest BCUT2D eigenvalue weighted by atomic mass is 19.1. The number of H-pyrrole nitrogens is 1. The van der Waals surface area contributed by atoms with Gasteiger partial charge in [0.2, 0.25) is 18.1 Å². The first-order valence-electron chi connectivity index (χ1n) is 14.3. The zero-order chi connectivity index (χ0) is 30.4. The minimum atomic E-state index is -0.763. The minimum Gasteiger partial charge on any atom is -0.355 e. The van der Waals surface area contributed by atoms with E-state index >= 15 is 0 Å². The number of nitrogens with one attached hydrogen (secondary N) is 3. The summed E-state index contributed by atoms with van der Waals surface area (Å²) in [6.07, 6.45) is 4.71. The standard InChI is InChI=1S/C33H32FN7O3/c1-33(19-38-27(42)16-22-6-3-2-4-7-22)20-43-31(44-21-33)30-40-28(24-9-11-25(34)12-10-24)29(41-30)26-13-15-36-32(39-26)37-18-23-8-5-14-35-17-23/h2-15,17,31H,16,18-21H2,1H3,(H,38,42)(H,40,41)(H,36,37,39). The molecule has 1 amide bonds. The van der Waals surface area contributed by atoms with Crippen LogP contribution in [0.2, 0.25) is 0 Å². The van der Waals surface area contributed by atoms with Crippen molar-refractivity contribution >= 4 is 11.9 Å². The van der Waals surface area contributed by atoms with Gasteiger partial charge in [-0.25, -0.2) is 19.3 Å². The molecule has 0 unspecified atom stereocenters. The number of ether oxygens (including phenoxy) is 2. The van der Waals surface area contributed by atoms with Gasteiger partial charge in [-0.05, 0) is 47.5 Å². The van der Waals surface area contributed by atoms with Crippen molar-refractivity contribution in [3.63, 3.8) is 0 Å². The third-order valence-electron chi connectivity index (χ3n) is 7.23. The maximum absolute atomic E-state index is 13.8. The number of nitrogens with zero attached hydrogens (tertiary/aromatic N) is 4. The zero-order valence-electron chi connectivity index (χ0n) is 24.2. The third-order valence-corrected chi connectivity index (χ3v) is 7.23. The summed E-state index contributed by atoms with van der Waals surface area (Å²) in [5, 5.41) is 6.23. The molecule has 1 fully saturated rings. The Morgan fingerprint density at radius 1 is 0.977 bits per heavy atom. The molecule has 1 aliphatic rings. The minimum absolute atomic E-state index is 0.0571. The van der Waals surface area contributed by atoms with Crippen molar-refractivity contribution in [1.82, 2.24) is 30.2 Å². The number of benzene rings is 2. The van der Waals surface area contributed by atoms with Crippen molar-refractivity contribution < 1.29 is 18.7 Å². The van der Waals surface area contributed by atoms with E-state index in [0.29, 0.717) is 67.1 Å². The molecule has 3 N–H and O–H groups in total. The second-order valence-corrected chi connectivity index (χ2v) is 11.0. The fourth-order valence-corrected chi connectivity index (χ4v) is 4.83. The molecule has 2 aromatic carbocycles. The van der Waals surface area contributed by atoms with Crippen molar-refractivity contribution in [3.05, 3.63) is 114 Å². The van der Waals surface area contributed by atoms with Gasteiger partial charge in [-0.15, -0.1) is 0 Å². The summed E-state index contributed by atoms with van der Waals surface area (Å²) in [7, 11) is 0. The van der Waals surface area contributed by atoms with E-state index in [2.05, 4.69) is 25.6 Å². The summed E-state index contributed by atoms with van der Waals surface area (Å²) in [6, 6.07) is 21.3. The Bertz CT molecular complexity index is 1690. The molecule has 0 atom stereocenters. The predicted molar refractivity (Wildman–Crippen MR) is 162 cm³/mol. The first kappa shape index (κ1) is 29.1. The van der Waals surface area contributed by atoms with Gasteiger partial charge < -0.3 is 25.1 Å². The van der Waals surface area contributed by atoms with Crippen LogP contribution in [0.5, 0.6) is 0 Å². The molecule has 44 heavy (non-hydrogen) atoms. The molecular weight excluding hydrogens is 561 g/mol. The quantitative estimate of drug-likeness (QED) is 0.204. The molecule has 4 heterocycles. The fourth-order valence-electron chi connectivity index (χ4n) is 4.83. The van der Waals surface area contributed by atoms with Crippen LogP contribution in [0.4, 0.5) is 10.3 Å². The van der Waals surface area contributed by atoms with Crippen LogP contribution in [-0.2, 0) is 27.2 Å². The van der Waals surface area contributed by atoms with Crippen molar-refractivity contribution in [2.45, 2.75) is 26.2 Å². The lowest BCUT2D eigenvalue weighted by Crippen LogP contribution is -2.45. The normalized spacial score (nSPS) is 18.1. The van der Waals surface area contributed by atoms with E-state index in [1.54, 1.807) is 36.8 Å². The number of aromatic amines is 1. The van der Waals surface area contributed by atoms with Crippen molar-refractivity contribution in [2.24, 2.45) is 5.41 Å². The van der Waals surface area contributed by atoms with Crippen molar-refractivity contribution in [2.75, 3.05) is 25.1 Å². The SMILES string of the molecule is CC1(CNC(=O)Cc2ccccc2)COC(c2nc(-c3ccc(F)cc3)c(-c3ccnc(NCc4cccnc4)n3)[nH]2)OC1. The largest absolute Gasteiger partial charge is 0.355 e. The number of halogens is 1. The van der Waals surface area contributed by atoms with Gasteiger partial charge >= 0.3 is 0 Å². The first-order valence-corrected chi connectivity index (χ1v) is 14.3. The van der Waals surface area contributed by atoms with E-state index in [9.17, 15) is 9.18 Å². The number of anilines is 1. The van der Waals surface area contributed by atoms with E-state index in [4.69, 9.17) is 19.4 Å². The lowest BCUT2D eigenvalue weighted by molar-refractivity contribution is -0.232. The molecule has 6 rings (SSSR count). The van der Waals surface area contributed by atoms with Gasteiger partial charge in [-0.1, -0.05) is 43.3 Å². The maximum atomic E-state index is 13.8. The van der Waals surface area contributed by atoms with Crippen LogP contribution < -0.4 is 10.6 Å². The number of aromatic nitrogens is 5. The third kappa shape index (κ3) is 7.13. The summed E-state index contributed by atoms with van der Waals surface area (Å²) in [5.41, 5.74) is 4.02. The van der Waals surface area contributed by atoms with E-state index in [1.807, 2.05) is 49.4 Å². The second kappa shape index (κ2) is 13.1. The van der Waals surface area contributed by atoms with Crippen LogP contribution >= 0.6 is 0 Å². The molecular formula is C33H32FN7O3. The summed E-state index contributed by atoms with van der Waals surface area (Å²) in [6.45, 7) is 3.61. The van der Waals surface area contributed by atoms with Crippen LogP contribution in [0, 0.1) is 11.2 Å². The summed E-state index contributed by atoms with van der Waals surface area (Å²) >= 11 is 0. The fraction of sp³-hybridized carbons (Fsp3) is 0.242. The smallest absolute Gasteiger partial charge is 0.224 e. The molecule has 5 aromatic rings. The summed E-state index contributed by atoms with van der Waals surface area (Å²) in [4.78, 5) is 33.8. The Labute approximate surface area is 254 Å². The number of amides is 1. The molecule has 0 radical (unpaired) electrons. The Kier molecular flexibility index (Phi) is 8.67. The summed E-state index contributed by atoms with van der Waals surface area (Å²) < 4.78 is 26.0. The van der Waals surface area contributed by atoms with E-state index in [1.165, 1.54) is 12.1 Å². The van der Waals surface area contributed by atoms with Gasteiger partial charge in [0.25, 0.3) is 0 Å². The average molecular weight is 594 g/mol. The molecule has 0 spiro atoms. The number of carbonyl (C=O) groups excluding carboxylic acids is 1. The maximum Gasteiger partial charge on any atom is 0.224 e. The van der Waals surface area contributed by atoms with Gasteiger partial charge in [0.05, 0.1) is 36.7 Å². The Morgan fingerprint density at radius 2 is 1.75 bits per heavy atom. The van der Waals surface area contributed by atoms with E-state index in [-0.39, 0.29) is 11.7 Å². The van der Waals surface area contributed by atoms with Gasteiger partial charge in [-0.2, -0.15) is 0 Å². The topological polar surface area (TPSA) is 127 Å². The Morgan fingerprint density at radius 3 is 2.50 bits per heavy atom. The first-order chi connectivity index (χ1) is 21.4. The molecule has 10 nitrogen and oxygen atoms in total. The zero-order valence-corrected chi connectivity index (χ0v) is 24.2. The number of pyridine rings is 1. The van der Waals surface area contributed by atoms with Gasteiger partial charge in [0.1, 0.15) is 5.82 Å². The predicted octanol–water partition coefficient (Wildman–Crippen LogP) is 5.09. The molecule has 3 aromatic heterocycles. The number of imidazole rings is 1. The highest BCUT2D eigenvalue weighted by Crippen LogP contribution is 2.35. The molecule has 0 saturated carbocycles. The van der Waals surface area contributed by atoms with Crippen LogP contribution in [-0.4, -0.2) is 50.6 Å². The lowest BCUT2D eigenvalue weighted by Gasteiger charge is -2.36.